The van der Waals surface area contributed by atoms with Crippen LogP contribution in [0.5, 0.6) is 17.2 Å². The number of benzene rings is 1. The van der Waals surface area contributed by atoms with Crippen molar-refractivity contribution < 1.29 is 22.6 Å². The van der Waals surface area contributed by atoms with Gasteiger partial charge in [0.25, 0.3) is 5.56 Å². The molecule has 0 saturated carbocycles. The summed E-state index contributed by atoms with van der Waals surface area (Å²) in [6.07, 6.45) is 1.51. The lowest BCUT2D eigenvalue weighted by Crippen LogP contribution is -2.36. The molecule has 0 saturated heterocycles. The van der Waals surface area contributed by atoms with Crippen molar-refractivity contribution in [3.63, 3.8) is 0 Å². The number of nitrogens with one attached hydrogen (secondary N) is 1. The van der Waals surface area contributed by atoms with E-state index < -0.39 is 15.4 Å². The fraction of sp³-hybridized carbons (Fsp3) is 0.444. The molecule has 1 aliphatic rings. The van der Waals surface area contributed by atoms with Crippen LogP contribution < -0.4 is 19.8 Å². The Hall–Kier alpha value is -2.59. The molecular weight excluding hydrogens is 386 g/mol. The van der Waals surface area contributed by atoms with Gasteiger partial charge in [0.05, 0.1) is 32.6 Å². The second-order valence-electron chi connectivity index (χ2n) is 6.52. The maximum absolute atomic E-state index is 12.4. The van der Waals surface area contributed by atoms with E-state index in [1.54, 1.807) is 27.4 Å². The van der Waals surface area contributed by atoms with E-state index in [0.29, 0.717) is 54.6 Å². The molecule has 1 N–H and O–H groups in total. The molecule has 28 heavy (non-hydrogen) atoms. The molecule has 1 aliphatic heterocycles. The molecule has 152 valence electrons. The van der Waals surface area contributed by atoms with Gasteiger partial charge in [0, 0.05) is 37.9 Å². The second kappa shape index (κ2) is 7.80. The summed E-state index contributed by atoms with van der Waals surface area (Å²) < 4.78 is 39.6. The number of ether oxygens (including phenoxy) is 3. The SMILES string of the molecule is COc1ccc(CN2CCc3nc(S(C)(=O)=O)[nH]c(=O)c3C2)c(OC)c1OC. The van der Waals surface area contributed by atoms with Crippen LogP contribution in [-0.2, 0) is 29.3 Å². The Morgan fingerprint density at radius 2 is 1.86 bits per heavy atom. The van der Waals surface area contributed by atoms with Gasteiger partial charge in [-0.25, -0.2) is 13.4 Å². The monoisotopic (exact) mass is 409 g/mol. The summed E-state index contributed by atoms with van der Waals surface area (Å²) in [5.74, 6) is 1.66. The molecule has 3 rings (SSSR count). The van der Waals surface area contributed by atoms with Gasteiger partial charge in [-0.1, -0.05) is 6.07 Å². The van der Waals surface area contributed by atoms with Gasteiger partial charge in [-0.3, -0.25) is 14.7 Å². The number of hydrogen-bond acceptors (Lipinski definition) is 8. The van der Waals surface area contributed by atoms with Crippen molar-refractivity contribution >= 4 is 9.84 Å². The van der Waals surface area contributed by atoms with Gasteiger partial charge < -0.3 is 14.2 Å². The Morgan fingerprint density at radius 1 is 1.14 bits per heavy atom. The van der Waals surface area contributed by atoms with Gasteiger partial charge in [0.2, 0.25) is 20.7 Å². The lowest BCUT2D eigenvalue weighted by molar-refractivity contribution is 0.235. The normalized spacial score (nSPS) is 14.4. The third-order valence-corrected chi connectivity index (χ3v) is 5.55. The van der Waals surface area contributed by atoms with Crippen LogP contribution in [0.1, 0.15) is 16.8 Å². The van der Waals surface area contributed by atoms with Gasteiger partial charge in [-0.05, 0) is 6.07 Å². The Bertz CT molecular complexity index is 1050. The number of aromatic amines is 1. The van der Waals surface area contributed by atoms with Crippen LogP contribution in [0.15, 0.2) is 22.1 Å². The number of H-pyrrole nitrogens is 1. The van der Waals surface area contributed by atoms with E-state index >= 15 is 0 Å². The molecular formula is C18H23N3O6S. The van der Waals surface area contributed by atoms with Crippen LogP contribution in [0.25, 0.3) is 0 Å². The van der Waals surface area contributed by atoms with Crippen molar-refractivity contribution in [3.8, 4) is 17.2 Å². The van der Waals surface area contributed by atoms with Gasteiger partial charge >= 0.3 is 0 Å². The topological polar surface area (TPSA) is 111 Å². The first kappa shape index (κ1) is 20.2. The lowest BCUT2D eigenvalue weighted by atomic mass is 10.1. The van der Waals surface area contributed by atoms with Crippen LogP contribution in [0.4, 0.5) is 0 Å². The molecule has 1 aromatic carbocycles. The smallest absolute Gasteiger partial charge is 0.256 e. The summed E-state index contributed by atoms with van der Waals surface area (Å²) in [6, 6.07) is 3.70. The number of hydrogen-bond donors (Lipinski definition) is 1. The van der Waals surface area contributed by atoms with Crippen LogP contribution >= 0.6 is 0 Å². The second-order valence-corrected chi connectivity index (χ2v) is 8.45. The number of fused-ring (bicyclic) bond motifs is 1. The highest BCUT2D eigenvalue weighted by atomic mass is 32.2. The number of methoxy groups -OCH3 is 3. The minimum Gasteiger partial charge on any atom is -0.493 e. The highest BCUT2D eigenvalue weighted by Crippen LogP contribution is 2.40. The van der Waals surface area contributed by atoms with E-state index in [0.717, 1.165) is 11.8 Å². The summed E-state index contributed by atoms with van der Waals surface area (Å²) in [7, 11) is 1.10. The van der Waals surface area contributed by atoms with Gasteiger partial charge in [-0.15, -0.1) is 0 Å². The highest BCUT2D eigenvalue weighted by molar-refractivity contribution is 7.90. The first-order valence-corrected chi connectivity index (χ1v) is 10.5. The Kier molecular flexibility index (Phi) is 5.61. The van der Waals surface area contributed by atoms with Crippen LogP contribution in [0, 0.1) is 0 Å². The fourth-order valence-corrected chi connectivity index (χ4v) is 3.85. The molecule has 2 heterocycles. The predicted octanol–water partition coefficient (Wildman–Crippen LogP) is 0.758. The summed E-state index contributed by atoms with van der Waals surface area (Å²) in [6.45, 7) is 1.51. The minimum absolute atomic E-state index is 0.286. The maximum atomic E-state index is 12.4. The molecule has 2 aromatic rings. The van der Waals surface area contributed by atoms with E-state index in [9.17, 15) is 13.2 Å². The van der Waals surface area contributed by atoms with Crippen molar-refractivity contribution in [1.82, 2.24) is 14.9 Å². The predicted molar refractivity (Wildman–Crippen MR) is 102 cm³/mol. The summed E-state index contributed by atoms with van der Waals surface area (Å²) in [5.41, 5.74) is 1.48. The van der Waals surface area contributed by atoms with E-state index in [-0.39, 0.29) is 5.16 Å². The Balaban J connectivity index is 1.89. The first-order valence-electron chi connectivity index (χ1n) is 8.60. The summed E-state index contributed by atoms with van der Waals surface area (Å²) in [5, 5.41) is -0.286. The molecule has 10 heteroatoms. The maximum Gasteiger partial charge on any atom is 0.256 e. The average Bonchev–Trinajstić information content (AvgIpc) is 2.67. The Labute approximate surface area is 163 Å². The molecule has 0 radical (unpaired) electrons. The third kappa shape index (κ3) is 3.83. The average molecular weight is 409 g/mol. The quantitative estimate of drug-likeness (QED) is 0.696. The van der Waals surface area contributed by atoms with Crippen LogP contribution in [0.3, 0.4) is 0 Å². The molecule has 9 nitrogen and oxygen atoms in total. The fourth-order valence-electron chi connectivity index (χ4n) is 3.30. The largest absolute Gasteiger partial charge is 0.493 e. The third-order valence-electron chi connectivity index (χ3n) is 4.66. The molecule has 0 atom stereocenters. The highest BCUT2D eigenvalue weighted by Gasteiger charge is 2.25. The molecule has 0 aliphatic carbocycles. The Morgan fingerprint density at radius 3 is 2.46 bits per heavy atom. The first-order chi connectivity index (χ1) is 13.3. The number of sulfone groups is 1. The van der Waals surface area contributed by atoms with E-state index in [2.05, 4.69) is 14.9 Å². The summed E-state index contributed by atoms with van der Waals surface area (Å²) >= 11 is 0. The molecule has 0 unspecified atom stereocenters. The zero-order valence-electron chi connectivity index (χ0n) is 16.2. The van der Waals surface area contributed by atoms with Crippen molar-refractivity contribution in [1.29, 1.82) is 0 Å². The standard InChI is InChI=1S/C18H23N3O6S/c1-25-14-6-5-11(15(26-2)16(14)27-3)9-21-8-7-13-12(10-21)17(22)20-18(19-13)28(4,23)24/h5-6H,7-10H2,1-4H3,(H,19,20,22). The van der Waals surface area contributed by atoms with E-state index in [1.165, 1.54) is 0 Å². The van der Waals surface area contributed by atoms with Crippen molar-refractivity contribution in [2.24, 2.45) is 0 Å². The van der Waals surface area contributed by atoms with E-state index in [4.69, 9.17) is 14.2 Å². The molecule has 0 spiro atoms. The zero-order chi connectivity index (χ0) is 20.5. The molecule has 1 aromatic heterocycles. The van der Waals surface area contributed by atoms with Gasteiger partial charge in [-0.2, -0.15) is 0 Å². The summed E-state index contributed by atoms with van der Waals surface area (Å²) in [4.78, 5) is 21.0. The van der Waals surface area contributed by atoms with Crippen molar-refractivity contribution in [2.75, 3.05) is 34.1 Å². The van der Waals surface area contributed by atoms with Crippen LogP contribution in [0.2, 0.25) is 0 Å². The van der Waals surface area contributed by atoms with Crippen molar-refractivity contribution in [2.45, 2.75) is 24.7 Å². The van der Waals surface area contributed by atoms with E-state index in [1.807, 2.05) is 6.07 Å². The molecule has 0 bridgehead atoms. The lowest BCUT2D eigenvalue weighted by Gasteiger charge is -2.28. The van der Waals surface area contributed by atoms with Gasteiger partial charge in [0.15, 0.2) is 11.5 Å². The van der Waals surface area contributed by atoms with Gasteiger partial charge in [0.1, 0.15) is 0 Å². The molecule has 0 fully saturated rings. The van der Waals surface area contributed by atoms with Crippen molar-refractivity contribution in [3.05, 3.63) is 39.3 Å². The molecule has 0 amide bonds. The number of rotatable bonds is 6. The number of aromatic nitrogens is 2. The minimum atomic E-state index is -3.57. The zero-order valence-corrected chi connectivity index (χ0v) is 17.1. The van der Waals surface area contributed by atoms with Crippen LogP contribution in [-0.4, -0.2) is 57.4 Å². The number of nitrogens with zero attached hydrogens (tertiary/aromatic N) is 2.